The lowest BCUT2D eigenvalue weighted by atomic mass is 10.1. The molecule has 3 aromatic rings. The number of esters is 1. The molecule has 3 rings (SSSR count). The maximum Gasteiger partial charge on any atom is 0.347 e. The third-order valence-electron chi connectivity index (χ3n) is 3.69. The van der Waals surface area contributed by atoms with Crippen molar-refractivity contribution in [2.24, 2.45) is 0 Å². The van der Waals surface area contributed by atoms with Crippen molar-refractivity contribution in [3.05, 3.63) is 77.3 Å². The molecule has 3 nitrogen and oxygen atoms in total. The van der Waals surface area contributed by atoms with E-state index in [1.165, 1.54) is 0 Å². The molecule has 1 atom stereocenters. The first-order valence-corrected chi connectivity index (χ1v) is 8.07. The lowest BCUT2D eigenvalue weighted by Crippen LogP contribution is -2.26. The Bertz CT molecular complexity index is 846. The number of rotatable bonds is 5. The Morgan fingerprint density at radius 2 is 1.71 bits per heavy atom. The van der Waals surface area contributed by atoms with E-state index >= 15 is 0 Å². The molecule has 0 fully saturated rings. The van der Waals surface area contributed by atoms with E-state index < -0.39 is 12.1 Å². The van der Waals surface area contributed by atoms with Gasteiger partial charge in [-0.1, -0.05) is 72.3 Å². The highest BCUT2D eigenvalue weighted by Gasteiger charge is 2.18. The molecule has 0 aliphatic carbocycles. The van der Waals surface area contributed by atoms with Gasteiger partial charge in [0.2, 0.25) is 0 Å². The highest BCUT2D eigenvalue weighted by molar-refractivity contribution is 6.37. The van der Waals surface area contributed by atoms with Gasteiger partial charge in [-0.2, -0.15) is 0 Å². The van der Waals surface area contributed by atoms with Crippen LogP contribution in [0.15, 0.2) is 66.7 Å². The molecular weight excluding hydrogens is 324 g/mol. The Balaban J connectivity index is 1.67. The van der Waals surface area contributed by atoms with Crippen LogP contribution >= 0.6 is 11.6 Å². The van der Waals surface area contributed by atoms with Crippen LogP contribution in [0.5, 0.6) is 5.75 Å². The maximum absolute atomic E-state index is 12.1. The van der Waals surface area contributed by atoms with Crippen molar-refractivity contribution in [2.45, 2.75) is 19.6 Å². The van der Waals surface area contributed by atoms with E-state index in [4.69, 9.17) is 21.1 Å². The van der Waals surface area contributed by atoms with Crippen LogP contribution in [0.1, 0.15) is 12.5 Å². The molecule has 24 heavy (non-hydrogen) atoms. The Morgan fingerprint density at radius 1 is 1.00 bits per heavy atom. The smallest absolute Gasteiger partial charge is 0.347 e. The summed E-state index contributed by atoms with van der Waals surface area (Å²) < 4.78 is 11.0. The van der Waals surface area contributed by atoms with Crippen LogP contribution in [0.4, 0.5) is 0 Å². The molecule has 122 valence electrons. The molecule has 0 aliphatic heterocycles. The number of fused-ring (bicyclic) bond motifs is 1. The van der Waals surface area contributed by atoms with E-state index in [1.54, 1.807) is 13.0 Å². The van der Waals surface area contributed by atoms with Crippen molar-refractivity contribution in [3.63, 3.8) is 0 Å². The van der Waals surface area contributed by atoms with Gasteiger partial charge in [-0.15, -0.1) is 0 Å². The van der Waals surface area contributed by atoms with Crippen LogP contribution < -0.4 is 4.74 Å². The summed E-state index contributed by atoms with van der Waals surface area (Å²) in [5.41, 5.74) is 0.932. The van der Waals surface area contributed by atoms with E-state index in [9.17, 15) is 4.79 Å². The topological polar surface area (TPSA) is 35.5 Å². The lowest BCUT2D eigenvalue weighted by molar-refractivity contribution is -0.152. The van der Waals surface area contributed by atoms with E-state index in [1.807, 2.05) is 60.7 Å². The first-order valence-electron chi connectivity index (χ1n) is 7.69. The molecule has 0 heterocycles. The normalized spacial score (nSPS) is 11.9. The molecule has 0 radical (unpaired) electrons. The second-order valence-corrected chi connectivity index (χ2v) is 5.83. The van der Waals surface area contributed by atoms with Crippen molar-refractivity contribution >= 4 is 28.3 Å². The minimum absolute atomic E-state index is 0.221. The van der Waals surface area contributed by atoms with E-state index in [0.29, 0.717) is 10.8 Å². The first-order chi connectivity index (χ1) is 11.6. The number of ether oxygens (including phenoxy) is 2. The number of carbonyl (C=O) groups excluding carboxylic acids is 1. The Kier molecular flexibility index (Phi) is 5.02. The van der Waals surface area contributed by atoms with Gasteiger partial charge in [-0.05, 0) is 23.9 Å². The van der Waals surface area contributed by atoms with Gasteiger partial charge < -0.3 is 9.47 Å². The molecular formula is C20H17ClO3. The predicted octanol–water partition coefficient (Wildman–Crippen LogP) is 5.00. The number of benzene rings is 3. The summed E-state index contributed by atoms with van der Waals surface area (Å²) in [7, 11) is 0. The predicted molar refractivity (Wildman–Crippen MR) is 95.3 cm³/mol. The fraction of sp³-hybridized carbons (Fsp3) is 0.150. The van der Waals surface area contributed by atoms with E-state index in [-0.39, 0.29) is 6.61 Å². The number of carbonyl (C=O) groups is 1. The fourth-order valence-corrected chi connectivity index (χ4v) is 2.67. The highest BCUT2D eigenvalue weighted by Crippen LogP contribution is 2.33. The molecule has 1 unspecified atom stereocenters. The number of hydrogen-bond acceptors (Lipinski definition) is 3. The molecule has 4 heteroatoms. The second-order valence-electron chi connectivity index (χ2n) is 5.45. The largest absolute Gasteiger partial charge is 0.477 e. The molecule has 3 aromatic carbocycles. The number of halogens is 1. The summed E-state index contributed by atoms with van der Waals surface area (Å²) in [6.45, 7) is 1.87. The summed E-state index contributed by atoms with van der Waals surface area (Å²) in [5, 5.41) is 2.41. The summed E-state index contributed by atoms with van der Waals surface area (Å²) in [4.78, 5) is 12.1. The van der Waals surface area contributed by atoms with Gasteiger partial charge in [0.25, 0.3) is 0 Å². The van der Waals surface area contributed by atoms with Crippen LogP contribution in [-0.4, -0.2) is 12.1 Å². The van der Waals surface area contributed by atoms with Crippen LogP contribution in [0, 0.1) is 0 Å². The third kappa shape index (κ3) is 3.69. The van der Waals surface area contributed by atoms with Gasteiger partial charge in [0, 0.05) is 5.39 Å². The third-order valence-corrected chi connectivity index (χ3v) is 4.08. The van der Waals surface area contributed by atoms with E-state index in [0.717, 1.165) is 16.3 Å². The summed E-state index contributed by atoms with van der Waals surface area (Å²) >= 11 is 6.39. The summed E-state index contributed by atoms with van der Waals surface area (Å²) in [6.07, 6.45) is -0.743. The minimum atomic E-state index is -0.743. The van der Waals surface area contributed by atoms with Crippen LogP contribution in [0.25, 0.3) is 10.8 Å². The van der Waals surface area contributed by atoms with Crippen molar-refractivity contribution in [3.8, 4) is 5.75 Å². The second kappa shape index (κ2) is 7.37. The first kappa shape index (κ1) is 16.3. The quantitative estimate of drug-likeness (QED) is 0.613. The van der Waals surface area contributed by atoms with Gasteiger partial charge in [0.1, 0.15) is 12.4 Å². The zero-order valence-electron chi connectivity index (χ0n) is 13.2. The molecule has 0 saturated carbocycles. The van der Waals surface area contributed by atoms with Crippen LogP contribution in [0.2, 0.25) is 5.02 Å². The Labute approximate surface area is 145 Å². The van der Waals surface area contributed by atoms with Crippen molar-refractivity contribution < 1.29 is 14.3 Å². The molecule has 0 amide bonds. The van der Waals surface area contributed by atoms with Crippen molar-refractivity contribution in [1.82, 2.24) is 0 Å². The van der Waals surface area contributed by atoms with Crippen molar-refractivity contribution in [2.75, 3.05) is 0 Å². The van der Waals surface area contributed by atoms with Gasteiger partial charge in [0.15, 0.2) is 6.10 Å². The highest BCUT2D eigenvalue weighted by atomic mass is 35.5. The van der Waals surface area contributed by atoms with Gasteiger partial charge in [-0.25, -0.2) is 4.79 Å². The average Bonchev–Trinajstić information content (AvgIpc) is 2.63. The zero-order valence-corrected chi connectivity index (χ0v) is 14.0. The van der Waals surface area contributed by atoms with Gasteiger partial charge in [0.05, 0.1) is 5.02 Å². The SMILES string of the molecule is CC(Oc1ccc2ccccc2c1Cl)C(=O)OCc1ccccc1. The molecule has 0 saturated heterocycles. The minimum Gasteiger partial charge on any atom is -0.477 e. The Hall–Kier alpha value is -2.52. The molecule has 0 N–H and O–H groups in total. The standard InChI is InChI=1S/C20H17ClO3/c1-14(20(22)23-13-15-7-3-2-4-8-15)24-18-12-11-16-9-5-6-10-17(16)19(18)21/h2-12,14H,13H2,1H3. The number of hydrogen-bond donors (Lipinski definition) is 0. The zero-order chi connectivity index (χ0) is 16.9. The van der Waals surface area contributed by atoms with Crippen LogP contribution in [-0.2, 0) is 16.1 Å². The fourth-order valence-electron chi connectivity index (χ4n) is 2.39. The molecule has 0 aromatic heterocycles. The Morgan fingerprint density at radius 3 is 2.50 bits per heavy atom. The lowest BCUT2D eigenvalue weighted by Gasteiger charge is -2.16. The average molecular weight is 341 g/mol. The van der Waals surface area contributed by atoms with Crippen LogP contribution in [0.3, 0.4) is 0 Å². The summed E-state index contributed by atoms with van der Waals surface area (Å²) in [5.74, 6) is 0.0441. The molecule has 0 aliphatic rings. The summed E-state index contributed by atoms with van der Waals surface area (Å²) in [6, 6.07) is 21.0. The van der Waals surface area contributed by atoms with Crippen molar-refractivity contribution in [1.29, 1.82) is 0 Å². The van der Waals surface area contributed by atoms with E-state index in [2.05, 4.69) is 0 Å². The van der Waals surface area contributed by atoms with Gasteiger partial charge >= 0.3 is 5.97 Å². The maximum atomic E-state index is 12.1. The molecule has 0 bridgehead atoms. The van der Waals surface area contributed by atoms with Gasteiger partial charge in [-0.3, -0.25) is 0 Å². The molecule has 0 spiro atoms. The monoisotopic (exact) mass is 340 g/mol.